The van der Waals surface area contributed by atoms with E-state index < -0.39 is 0 Å². The van der Waals surface area contributed by atoms with Gasteiger partial charge in [0.15, 0.2) is 0 Å². The molecule has 0 aliphatic heterocycles. The van der Waals surface area contributed by atoms with Crippen molar-refractivity contribution in [3.05, 3.63) is 0 Å². The Morgan fingerprint density at radius 1 is 0.875 bits per heavy atom. The van der Waals surface area contributed by atoms with Crippen molar-refractivity contribution in [1.29, 1.82) is 0 Å². The van der Waals surface area contributed by atoms with E-state index in [4.69, 9.17) is 0 Å². The van der Waals surface area contributed by atoms with Crippen molar-refractivity contribution < 1.29 is 4.79 Å². The van der Waals surface area contributed by atoms with Gasteiger partial charge >= 0.3 is 0 Å². The van der Waals surface area contributed by atoms with Crippen LogP contribution in [0.3, 0.4) is 0 Å². The molecule has 16 heavy (non-hydrogen) atoms. The fraction of sp³-hybridized carbons (Fsp3) is 0.917. The van der Waals surface area contributed by atoms with Crippen LogP contribution < -0.4 is 16.0 Å². The average Bonchev–Trinajstić information content (AvgIpc) is 2.37. The zero-order valence-electron chi connectivity index (χ0n) is 11.9. The molecule has 0 radical (unpaired) electrons. The van der Waals surface area contributed by atoms with E-state index in [1.54, 1.807) is 0 Å². The number of nitrogens with one attached hydrogen (secondary N) is 3. The average molecular weight is 233 g/mol. The van der Waals surface area contributed by atoms with Crippen molar-refractivity contribution in [2.24, 2.45) is 0 Å². The maximum Gasteiger partial charge on any atom is 0.221 e. The first-order valence-electron chi connectivity index (χ1n) is 6.37. The van der Waals surface area contributed by atoms with Gasteiger partial charge < -0.3 is 16.0 Å². The molecule has 0 aromatic rings. The molecule has 4 nitrogen and oxygen atoms in total. The third-order valence-corrected chi connectivity index (χ3v) is 1.53. The predicted molar refractivity (Wildman–Crippen MR) is 72.8 cm³/mol. The standard InChI is InChI=1S/C8H19N3O.2C2H6/c1-9-5-3-6-11-8(12)4-7-10-2;2*1-2/h9-10H,3-7H2,1-2H3,(H,11,12);2*1-2H3. The van der Waals surface area contributed by atoms with Crippen LogP contribution in [0, 0.1) is 0 Å². The molecule has 0 bridgehead atoms. The molecule has 0 saturated heterocycles. The van der Waals surface area contributed by atoms with E-state index in [9.17, 15) is 4.79 Å². The molecule has 0 atom stereocenters. The second-order valence-electron chi connectivity index (χ2n) is 2.66. The third-order valence-electron chi connectivity index (χ3n) is 1.53. The van der Waals surface area contributed by atoms with E-state index in [1.807, 2.05) is 41.8 Å². The summed E-state index contributed by atoms with van der Waals surface area (Å²) in [5, 5.41) is 8.78. The summed E-state index contributed by atoms with van der Waals surface area (Å²) in [5.74, 6) is 0.125. The van der Waals surface area contributed by atoms with Gasteiger partial charge in [-0.25, -0.2) is 0 Å². The van der Waals surface area contributed by atoms with Crippen LogP contribution >= 0.6 is 0 Å². The Balaban J connectivity index is -0.000000376. The normalized spacial score (nSPS) is 8.12. The van der Waals surface area contributed by atoms with E-state index in [0.29, 0.717) is 6.42 Å². The van der Waals surface area contributed by atoms with Crippen LogP contribution in [0.2, 0.25) is 0 Å². The monoisotopic (exact) mass is 233 g/mol. The van der Waals surface area contributed by atoms with Crippen LogP contribution in [-0.2, 0) is 4.79 Å². The Hall–Kier alpha value is -0.610. The van der Waals surface area contributed by atoms with E-state index in [-0.39, 0.29) is 5.91 Å². The maximum atomic E-state index is 11.0. The fourth-order valence-corrected chi connectivity index (χ4v) is 0.820. The van der Waals surface area contributed by atoms with Gasteiger partial charge in [-0.15, -0.1) is 0 Å². The number of hydrogen-bond donors (Lipinski definition) is 3. The minimum absolute atomic E-state index is 0.125. The zero-order valence-corrected chi connectivity index (χ0v) is 11.9. The van der Waals surface area contributed by atoms with Crippen LogP contribution in [0.5, 0.6) is 0 Å². The summed E-state index contributed by atoms with van der Waals surface area (Å²) in [6, 6.07) is 0. The molecule has 0 aliphatic carbocycles. The first-order chi connectivity index (χ1) is 7.81. The largest absolute Gasteiger partial charge is 0.356 e. The van der Waals surface area contributed by atoms with Crippen molar-refractivity contribution in [3.63, 3.8) is 0 Å². The van der Waals surface area contributed by atoms with E-state index in [1.165, 1.54) is 0 Å². The van der Waals surface area contributed by atoms with Crippen LogP contribution in [0.25, 0.3) is 0 Å². The second kappa shape index (κ2) is 23.9. The molecule has 0 aromatic carbocycles. The van der Waals surface area contributed by atoms with Crippen LogP contribution in [0.4, 0.5) is 0 Å². The van der Waals surface area contributed by atoms with Crippen LogP contribution in [-0.4, -0.2) is 39.6 Å². The lowest BCUT2D eigenvalue weighted by molar-refractivity contribution is -0.120. The zero-order chi connectivity index (χ0) is 13.2. The highest BCUT2D eigenvalue weighted by molar-refractivity contribution is 5.75. The molecule has 3 N–H and O–H groups in total. The summed E-state index contributed by atoms with van der Waals surface area (Å²) in [6.45, 7) is 10.5. The molecule has 0 rings (SSSR count). The van der Waals surface area contributed by atoms with Gasteiger partial charge in [0, 0.05) is 19.5 Å². The first-order valence-corrected chi connectivity index (χ1v) is 6.37. The molecule has 100 valence electrons. The quantitative estimate of drug-likeness (QED) is 0.582. The first kappa shape index (κ1) is 20.8. The van der Waals surface area contributed by atoms with Crippen LogP contribution in [0.15, 0.2) is 0 Å². The number of carbonyl (C=O) groups is 1. The Kier molecular flexibility index (Phi) is 31.0. The highest BCUT2D eigenvalue weighted by Gasteiger charge is 1.97. The van der Waals surface area contributed by atoms with Gasteiger partial charge in [0.05, 0.1) is 0 Å². The third kappa shape index (κ3) is 23.3. The molecule has 0 fully saturated rings. The van der Waals surface area contributed by atoms with E-state index in [0.717, 1.165) is 26.1 Å². The summed E-state index contributed by atoms with van der Waals surface area (Å²) in [7, 11) is 3.75. The SMILES string of the molecule is CC.CC.CNCCCNC(=O)CCNC. The molecular formula is C12H31N3O. The van der Waals surface area contributed by atoms with E-state index >= 15 is 0 Å². The molecule has 0 aliphatic rings. The molecule has 1 amide bonds. The van der Waals surface area contributed by atoms with Gasteiger partial charge in [-0.3, -0.25) is 4.79 Å². The number of amides is 1. The summed E-state index contributed by atoms with van der Waals surface area (Å²) in [4.78, 5) is 11.0. The molecule has 0 saturated carbocycles. The fourth-order valence-electron chi connectivity index (χ4n) is 0.820. The van der Waals surface area contributed by atoms with Crippen molar-refractivity contribution in [2.75, 3.05) is 33.7 Å². The molecular weight excluding hydrogens is 202 g/mol. The highest BCUT2D eigenvalue weighted by Crippen LogP contribution is 1.78. The topological polar surface area (TPSA) is 53.2 Å². The number of rotatable bonds is 7. The van der Waals surface area contributed by atoms with Crippen molar-refractivity contribution in [3.8, 4) is 0 Å². The number of carbonyl (C=O) groups excluding carboxylic acids is 1. The summed E-state index contributed by atoms with van der Waals surface area (Å²) >= 11 is 0. The Morgan fingerprint density at radius 3 is 1.81 bits per heavy atom. The molecule has 0 heterocycles. The minimum atomic E-state index is 0.125. The van der Waals surface area contributed by atoms with Gasteiger partial charge in [-0.2, -0.15) is 0 Å². The Bertz CT molecular complexity index is 119. The summed E-state index contributed by atoms with van der Waals surface area (Å²) in [6.07, 6.45) is 1.55. The van der Waals surface area contributed by atoms with Gasteiger partial charge in [0.1, 0.15) is 0 Å². The molecule has 0 unspecified atom stereocenters. The van der Waals surface area contributed by atoms with Crippen molar-refractivity contribution >= 4 is 5.91 Å². The lowest BCUT2D eigenvalue weighted by atomic mass is 10.3. The number of hydrogen-bond acceptors (Lipinski definition) is 3. The molecule has 0 spiro atoms. The maximum absolute atomic E-state index is 11.0. The Labute approximate surface area is 102 Å². The lowest BCUT2D eigenvalue weighted by Crippen LogP contribution is -2.28. The van der Waals surface area contributed by atoms with Gasteiger partial charge in [-0.05, 0) is 27.1 Å². The predicted octanol–water partition coefficient (Wildman–Crippen LogP) is 1.37. The summed E-state index contributed by atoms with van der Waals surface area (Å²) < 4.78 is 0. The molecule has 0 aromatic heterocycles. The lowest BCUT2D eigenvalue weighted by Gasteiger charge is -2.03. The van der Waals surface area contributed by atoms with Gasteiger partial charge in [0.25, 0.3) is 0 Å². The van der Waals surface area contributed by atoms with Gasteiger partial charge in [0.2, 0.25) is 5.91 Å². The van der Waals surface area contributed by atoms with Crippen molar-refractivity contribution in [2.45, 2.75) is 40.5 Å². The Morgan fingerprint density at radius 2 is 1.38 bits per heavy atom. The van der Waals surface area contributed by atoms with Crippen LogP contribution in [0.1, 0.15) is 40.5 Å². The van der Waals surface area contributed by atoms with Crippen molar-refractivity contribution in [1.82, 2.24) is 16.0 Å². The minimum Gasteiger partial charge on any atom is -0.356 e. The second-order valence-corrected chi connectivity index (χ2v) is 2.66. The van der Waals surface area contributed by atoms with E-state index in [2.05, 4.69) is 16.0 Å². The van der Waals surface area contributed by atoms with Gasteiger partial charge in [-0.1, -0.05) is 27.7 Å². The smallest absolute Gasteiger partial charge is 0.221 e. The highest BCUT2D eigenvalue weighted by atomic mass is 16.1. The summed E-state index contributed by atoms with van der Waals surface area (Å²) in [5.41, 5.74) is 0. The molecule has 4 heteroatoms.